The maximum atomic E-state index is 13.6. The van der Waals surface area contributed by atoms with Gasteiger partial charge in [-0.2, -0.15) is 8.78 Å². The number of hydrogen-bond acceptors (Lipinski definition) is 5. The molecule has 0 spiro atoms. The molecule has 0 saturated carbocycles. The Kier molecular flexibility index (Phi) is 2.87. The highest BCUT2D eigenvalue weighted by Gasteiger charge is 2.40. The van der Waals surface area contributed by atoms with E-state index in [2.05, 4.69) is 17.8 Å². The van der Waals surface area contributed by atoms with E-state index in [0.717, 1.165) is 16.1 Å². The van der Waals surface area contributed by atoms with Crippen LogP contribution in [0.4, 0.5) is 14.7 Å². The zero-order chi connectivity index (χ0) is 13.5. The van der Waals surface area contributed by atoms with Gasteiger partial charge in [-0.05, 0) is 12.1 Å². The third kappa shape index (κ3) is 1.77. The second-order valence-electron chi connectivity index (χ2n) is 3.53. The monoisotopic (exact) mass is 273 g/mol. The smallest absolute Gasteiger partial charge is 0.351 e. The van der Waals surface area contributed by atoms with E-state index in [1.54, 1.807) is 0 Å². The molecule has 9 heteroatoms. The Morgan fingerprint density at radius 2 is 2.17 bits per heavy atom. The second kappa shape index (κ2) is 4.10. The molecule has 0 atom stereocenters. The van der Waals surface area contributed by atoms with Crippen LogP contribution in [0.15, 0.2) is 18.2 Å². The van der Waals surface area contributed by atoms with Crippen LogP contribution in [0.5, 0.6) is 0 Å². The molecule has 2 rings (SSSR count). The Labute approximate surface area is 105 Å². The summed E-state index contributed by atoms with van der Waals surface area (Å²) in [6.07, 6.45) is 0. The standard InChI is InChI=1S/C9H9F2N5OS/c10-9(11,7(17)15-13)4-1-2-5-6(3-4)16(18)8(12)14-5/h1-3,18H,13H2,(H2,12,14)(H,15,17). The molecule has 96 valence electrons. The van der Waals surface area contributed by atoms with Crippen molar-refractivity contribution in [1.29, 1.82) is 0 Å². The number of thiol groups is 1. The van der Waals surface area contributed by atoms with Gasteiger partial charge in [-0.25, -0.2) is 10.8 Å². The van der Waals surface area contributed by atoms with Crippen molar-refractivity contribution < 1.29 is 13.6 Å². The number of fused-ring (bicyclic) bond motifs is 1. The van der Waals surface area contributed by atoms with Crippen molar-refractivity contribution in [2.45, 2.75) is 5.92 Å². The highest BCUT2D eigenvalue weighted by Crippen LogP contribution is 2.31. The van der Waals surface area contributed by atoms with Crippen LogP contribution in [-0.4, -0.2) is 14.9 Å². The van der Waals surface area contributed by atoms with Gasteiger partial charge in [-0.15, -0.1) is 0 Å². The lowest BCUT2D eigenvalue weighted by molar-refractivity contribution is -0.147. The van der Waals surface area contributed by atoms with E-state index in [0.29, 0.717) is 5.52 Å². The Morgan fingerprint density at radius 1 is 1.50 bits per heavy atom. The normalized spacial score (nSPS) is 11.8. The highest BCUT2D eigenvalue weighted by atomic mass is 32.1. The predicted octanol–water partition coefficient (Wildman–Crippen LogP) is 0.393. The molecule has 0 aliphatic carbocycles. The number of nitrogens with two attached hydrogens (primary N) is 2. The topological polar surface area (TPSA) is 99.0 Å². The molecule has 18 heavy (non-hydrogen) atoms. The van der Waals surface area contributed by atoms with Gasteiger partial charge in [0.15, 0.2) is 0 Å². The van der Waals surface area contributed by atoms with Gasteiger partial charge in [0.1, 0.15) is 0 Å². The van der Waals surface area contributed by atoms with Crippen molar-refractivity contribution in [3.8, 4) is 0 Å². The van der Waals surface area contributed by atoms with Gasteiger partial charge in [0.2, 0.25) is 5.95 Å². The summed E-state index contributed by atoms with van der Waals surface area (Å²) in [4.78, 5) is 14.9. The summed E-state index contributed by atoms with van der Waals surface area (Å²) in [6, 6.07) is 3.49. The van der Waals surface area contributed by atoms with Crippen molar-refractivity contribution in [3.63, 3.8) is 0 Å². The minimum atomic E-state index is -3.74. The molecule has 6 nitrogen and oxygen atoms in total. The van der Waals surface area contributed by atoms with Crippen molar-refractivity contribution in [3.05, 3.63) is 23.8 Å². The maximum Gasteiger partial charge on any atom is 0.351 e. The molecule has 1 heterocycles. The van der Waals surface area contributed by atoms with Crippen molar-refractivity contribution >= 4 is 35.7 Å². The number of nitrogens with zero attached hydrogens (tertiary/aromatic N) is 2. The number of anilines is 1. The van der Waals surface area contributed by atoms with Crippen LogP contribution in [0.3, 0.4) is 0 Å². The Bertz CT molecular complexity index is 627. The van der Waals surface area contributed by atoms with E-state index >= 15 is 0 Å². The van der Waals surface area contributed by atoms with Crippen LogP contribution in [0.1, 0.15) is 5.56 Å². The van der Waals surface area contributed by atoms with Gasteiger partial charge in [-0.1, -0.05) is 18.9 Å². The summed E-state index contributed by atoms with van der Waals surface area (Å²) in [6.45, 7) is 0. The van der Waals surface area contributed by atoms with E-state index in [1.807, 2.05) is 0 Å². The first-order valence-corrected chi connectivity index (χ1v) is 5.14. The lowest BCUT2D eigenvalue weighted by Gasteiger charge is -2.14. The average molecular weight is 273 g/mol. The maximum absolute atomic E-state index is 13.6. The quantitative estimate of drug-likeness (QED) is 0.275. The number of hydrazine groups is 1. The first-order chi connectivity index (χ1) is 8.37. The minimum absolute atomic E-state index is 0.0667. The number of alkyl halides is 2. The molecule has 1 aromatic carbocycles. The lowest BCUT2D eigenvalue weighted by Crippen LogP contribution is -2.41. The number of hydrogen-bond donors (Lipinski definition) is 4. The third-order valence-electron chi connectivity index (χ3n) is 2.43. The van der Waals surface area contributed by atoms with Gasteiger partial charge in [0, 0.05) is 5.56 Å². The second-order valence-corrected chi connectivity index (χ2v) is 3.93. The minimum Gasteiger partial charge on any atom is -0.368 e. The number of nitrogen functional groups attached to an aromatic ring is 1. The fourth-order valence-electron chi connectivity index (χ4n) is 1.50. The molecule has 0 fully saturated rings. The number of carbonyl (C=O) groups excluding carboxylic acids is 1. The molecule has 5 N–H and O–H groups in total. The van der Waals surface area contributed by atoms with Gasteiger partial charge >= 0.3 is 11.8 Å². The zero-order valence-electron chi connectivity index (χ0n) is 8.89. The first-order valence-electron chi connectivity index (χ1n) is 4.74. The molecule has 0 saturated heterocycles. The van der Waals surface area contributed by atoms with Crippen molar-refractivity contribution in [2.75, 3.05) is 5.73 Å². The molecular weight excluding hydrogens is 264 g/mol. The van der Waals surface area contributed by atoms with Crippen LogP contribution in [0, 0.1) is 0 Å². The molecule has 0 aliphatic rings. The molecule has 1 amide bonds. The number of amides is 1. The number of nitrogens with one attached hydrogen (secondary N) is 1. The molecule has 0 unspecified atom stereocenters. The molecule has 2 aromatic rings. The van der Waals surface area contributed by atoms with Crippen LogP contribution >= 0.6 is 12.8 Å². The largest absolute Gasteiger partial charge is 0.368 e. The summed E-state index contributed by atoms with van der Waals surface area (Å²) in [5.74, 6) is -0.561. The summed E-state index contributed by atoms with van der Waals surface area (Å²) < 4.78 is 28.4. The highest BCUT2D eigenvalue weighted by molar-refractivity contribution is 7.78. The number of imidazole rings is 1. The summed E-state index contributed by atoms with van der Waals surface area (Å²) in [5, 5.41) is 0. The van der Waals surface area contributed by atoms with Crippen LogP contribution in [0.2, 0.25) is 0 Å². The van der Waals surface area contributed by atoms with Gasteiger partial charge in [0.05, 0.1) is 11.0 Å². The number of aromatic nitrogens is 2. The van der Waals surface area contributed by atoms with Crippen molar-refractivity contribution in [1.82, 2.24) is 14.4 Å². The van der Waals surface area contributed by atoms with Crippen LogP contribution in [-0.2, 0) is 10.7 Å². The van der Waals surface area contributed by atoms with E-state index < -0.39 is 17.4 Å². The summed E-state index contributed by atoms with van der Waals surface area (Å²) in [5.41, 5.74) is 7.06. The number of rotatable bonds is 2. The van der Waals surface area contributed by atoms with E-state index in [-0.39, 0.29) is 11.5 Å². The van der Waals surface area contributed by atoms with Crippen molar-refractivity contribution in [2.24, 2.45) is 5.84 Å². The Balaban J connectivity index is 2.59. The molecule has 0 aliphatic heterocycles. The molecule has 1 aromatic heterocycles. The number of carbonyl (C=O) groups is 1. The van der Waals surface area contributed by atoms with Crippen LogP contribution < -0.4 is 17.0 Å². The number of benzene rings is 1. The molecule has 0 radical (unpaired) electrons. The van der Waals surface area contributed by atoms with E-state index in [9.17, 15) is 13.6 Å². The summed E-state index contributed by atoms with van der Waals surface area (Å²) in [7, 11) is 0. The van der Waals surface area contributed by atoms with Gasteiger partial charge < -0.3 is 5.73 Å². The zero-order valence-corrected chi connectivity index (χ0v) is 9.79. The fourth-order valence-corrected chi connectivity index (χ4v) is 1.70. The molecule has 0 bridgehead atoms. The Hall–Kier alpha value is -1.87. The molecular formula is C9H9F2N5OS. The number of halogens is 2. The predicted molar refractivity (Wildman–Crippen MR) is 64.8 cm³/mol. The fraction of sp³-hybridized carbons (Fsp3) is 0.111. The average Bonchev–Trinajstić information content (AvgIpc) is 2.63. The summed E-state index contributed by atoms with van der Waals surface area (Å²) >= 11 is 3.99. The Morgan fingerprint density at radius 3 is 2.78 bits per heavy atom. The lowest BCUT2D eigenvalue weighted by atomic mass is 10.1. The van der Waals surface area contributed by atoms with E-state index in [1.165, 1.54) is 11.5 Å². The first kappa shape index (κ1) is 12.6. The van der Waals surface area contributed by atoms with Gasteiger partial charge in [0.25, 0.3) is 0 Å². The van der Waals surface area contributed by atoms with E-state index in [4.69, 9.17) is 11.6 Å². The van der Waals surface area contributed by atoms with Crippen LogP contribution in [0.25, 0.3) is 11.0 Å². The SMILES string of the molecule is NNC(=O)C(F)(F)c1ccc2nc(N)n(S)c2c1. The van der Waals surface area contributed by atoms with Gasteiger partial charge in [-0.3, -0.25) is 14.2 Å². The third-order valence-corrected chi connectivity index (χ3v) is 2.85.